The van der Waals surface area contributed by atoms with Crippen molar-refractivity contribution in [2.45, 2.75) is 6.54 Å². The molecule has 0 radical (unpaired) electrons. The molecule has 7 heteroatoms. The Morgan fingerprint density at radius 2 is 1.75 bits per heavy atom. The van der Waals surface area contributed by atoms with Crippen LogP contribution in [0.5, 0.6) is 0 Å². The maximum Gasteiger partial charge on any atom is 0.253 e. The van der Waals surface area contributed by atoms with Crippen molar-refractivity contribution < 1.29 is 4.79 Å². The van der Waals surface area contributed by atoms with E-state index in [1.807, 2.05) is 36.2 Å². The fourth-order valence-corrected chi connectivity index (χ4v) is 2.86. The lowest BCUT2D eigenvalue weighted by molar-refractivity contribution is 0.0664. The molecule has 6 nitrogen and oxygen atoms in total. The Labute approximate surface area is 160 Å². The molecule has 2 aliphatic heterocycles. The van der Waals surface area contributed by atoms with E-state index in [0.29, 0.717) is 0 Å². The number of guanidine groups is 1. The second-order valence-corrected chi connectivity index (χ2v) is 6.27. The molecule has 2 heterocycles. The van der Waals surface area contributed by atoms with Crippen LogP contribution in [-0.2, 0) is 6.54 Å². The molecule has 0 unspecified atom stereocenters. The summed E-state index contributed by atoms with van der Waals surface area (Å²) < 4.78 is 0. The zero-order valence-corrected chi connectivity index (χ0v) is 16.7. The number of rotatable bonds is 3. The van der Waals surface area contributed by atoms with Gasteiger partial charge >= 0.3 is 0 Å². The van der Waals surface area contributed by atoms with Crippen molar-refractivity contribution in [3.05, 3.63) is 35.4 Å². The first kappa shape index (κ1) is 19.0. The Bertz CT molecular complexity index is 581. The summed E-state index contributed by atoms with van der Waals surface area (Å²) in [5, 5.41) is 3.34. The highest BCUT2D eigenvalue weighted by atomic mass is 127. The summed E-state index contributed by atoms with van der Waals surface area (Å²) in [5.74, 6) is 1.08. The standard InChI is InChI=1S/C17H25N5O.HI/c1-20-9-11-22(12-10-20)16(23)15-5-3-14(4-6-15)13-19-17-18-7-8-21(17)2;/h3-6H,7-13H2,1-2H3,(H,18,19);1H. The number of benzene rings is 1. The second-order valence-electron chi connectivity index (χ2n) is 6.27. The van der Waals surface area contributed by atoms with E-state index in [0.717, 1.165) is 62.9 Å². The van der Waals surface area contributed by atoms with Crippen LogP contribution in [0.25, 0.3) is 0 Å². The van der Waals surface area contributed by atoms with Crippen LogP contribution in [-0.4, -0.2) is 79.9 Å². The van der Waals surface area contributed by atoms with Gasteiger partial charge in [-0.1, -0.05) is 12.1 Å². The third-order valence-electron chi connectivity index (χ3n) is 4.50. The molecule has 0 saturated carbocycles. The number of likely N-dealkylation sites (N-methyl/N-ethyl adjacent to an activating group) is 2. The number of amides is 1. The van der Waals surface area contributed by atoms with Crippen LogP contribution in [0.1, 0.15) is 15.9 Å². The minimum Gasteiger partial charge on any atom is -0.352 e. The molecule has 1 fully saturated rings. The number of piperazine rings is 1. The molecule has 0 spiro atoms. The highest BCUT2D eigenvalue weighted by Crippen LogP contribution is 2.10. The largest absolute Gasteiger partial charge is 0.352 e. The van der Waals surface area contributed by atoms with E-state index in [2.05, 4.69) is 27.2 Å². The minimum absolute atomic E-state index is 0. The molecule has 1 N–H and O–H groups in total. The summed E-state index contributed by atoms with van der Waals surface area (Å²) in [5.41, 5.74) is 1.93. The first-order valence-electron chi connectivity index (χ1n) is 8.20. The van der Waals surface area contributed by atoms with Crippen molar-refractivity contribution in [2.75, 3.05) is 53.4 Å². The maximum atomic E-state index is 12.5. The van der Waals surface area contributed by atoms with Crippen molar-refractivity contribution in [3.8, 4) is 0 Å². The van der Waals surface area contributed by atoms with Crippen molar-refractivity contribution in [3.63, 3.8) is 0 Å². The van der Waals surface area contributed by atoms with Gasteiger partial charge in [0, 0.05) is 51.9 Å². The van der Waals surface area contributed by atoms with E-state index in [1.54, 1.807) is 0 Å². The molecule has 1 saturated heterocycles. The van der Waals surface area contributed by atoms with E-state index in [-0.39, 0.29) is 29.9 Å². The van der Waals surface area contributed by atoms with Crippen molar-refractivity contribution in [1.29, 1.82) is 0 Å². The summed E-state index contributed by atoms with van der Waals surface area (Å²) in [4.78, 5) is 23.2. The summed E-state index contributed by atoms with van der Waals surface area (Å²) in [7, 11) is 4.13. The lowest BCUT2D eigenvalue weighted by Gasteiger charge is -2.32. The molecule has 2 aliphatic rings. The summed E-state index contributed by atoms with van der Waals surface area (Å²) >= 11 is 0. The van der Waals surface area contributed by atoms with Crippen molar-refractivity contribution in [2.24, 2.45) is 4.99 Å². The zero-order chi connectivity index (χ0) is 16.2. The second kappa shape index (κ2) is 8.66. The highest BCUT2D eigenvalue weighted by molar-refractivity contribution is 14.0. The Kier molecular flexibility index (Phi) is 6.85. The lowest BCUT2D eigenvalue weighted by atomic mass is 10.1. The molecule has 0 atom stereocenters. The normalized spacial score (nSPS) is 18.2. The van der Waals surface area contributed by atoms with Crippen LogP contribution in [0, 0.1) is 0 Å². The Hall–Kier alpha value is -1.35. The average Bonchev–Trinajstić information content (AvgIpc) is 2.99. The van der Waals surface area contributed by atoms with Crippen LogP contribution in [0.3, 0.4) is 0 Å². The summed E-state index contributed by atoms with van der Waals surface area (Å²) in [6, 6.07) is 7.90. The van der Waals surface area contributed by atoms with E-state index in [9.17, 15) is 4.79 Å². The summed E-state index contributed by atoms with van der Waals surface area (Å²) in [6.07, 6.45) is 0. The van der Waals surface area contributed by atoms with E-state index < -0.39 is 0 Å². The molecule has 0 aromatic heterocycles. The van der Waals surface area contributed by atoms with Gasteiger partial charge in [0.25, 0.3) is 5.91 Å². The van der Waals surface area contributed by atoms with E-state index >= 15 is 0 Å². The molecule has 1 aromatic carbocycles. The first-order chi connectivity index (χ1) is 11.1. The van der Waals surface area contributed by atoms with Gasteiger partial charge in [-0.05, 0) is 24.7 Å². The third kappa shape index (κ3) is 4.60. The number of aliphatic imine (C=N–C) groups is 1. The molecule has 3 rings (SSSR count). The van der Waals surface area contributed by atoms with Gasteiger partial charge in [-0.3, -0.25) is 9.79 Å². The fraction of sp³-hybridized carbons (Fsp3) is 0.529. The number of nitrogens with zero attached hydrogens (tertiary/aromatic N) is 4. The predicted molar refractivity (Wildman–Crippen MR) is 107 cm³/mol. The van der Waals surface area contributed by atoms with Gasteiger partial charge in [0.1, 0.15) is 0 Å². The van der Waals surface area contributed by atoms with Crippen LogP contribution in [0.2, 0.25) is 0 Å². The van der Waals surface area contributed by atoms with E-state index in [1.165, 1.54) is 0 Å². The van der Waals surface area contributed by atoms with E-state index in [4.69, 9.17) is 0 Å². The molecule has 1 amide bonds. The van der Waals surface area contributed by atoms with Crippen molar-refractivity contribution >= 4 is 35.8 Å². The Morgan fingerprint density at radius 3 is 2.33 bits per heavy atom. The van der Waals surface area contributed by atoms with Gasteiger partial charge in [-0.15, -0.1) is 24.0 Å². The molecule has 132 valence electrons. The van der Waals surface area contributed by atoms with Crippen LogP contribution in [0.4, 0.5) is 0 Å². The fourth-order valence-electron chi connectivity index (χ4n) is 2.86. The number of halogens is 1. The van der Waals surface area contributed by atoms with Crippen molar-refractivity contribution in [1.82, 2.24) is 20.0 Å². The van der Waals surface area contributed by atoms with Gasteiger partial charge in [-0.25, -0.2) is 0 Å². The summed E-state index contributed by atoms with van der Waals surface area (Å²) in [6.45, 7) is 6.08. The minimum atomic E-state index is 0. The maximum absolute atomic E-state index is 12.5. The Morgan fingerprint density at radius 1 is 1.08 bits per heavy atom. The number of hydrogen-bond donors (Lipinski definition) is 1. The predicted octanol–water partition coefficient (Wildman–Crippen LogP) is 1.08. The molecule has 1 aromatic rings. The quantitative estimate of drug-likeness (QED) is 0.711. The molecule has 24 heavy (non-hydrogen) atoms. The first-order valence-corrected chi connectivity index (χ1v) is 8.20. The topological polar surface area (TPSA) is 51.2 Å². The molecule has 0 aliphatic carbocycles. The third-order valence-corrected chi connectivity index (χ3v) is 4.50. The molecular formula is C17H26IN5O. The van der Waals surface area contributed by atoms with Crippen LogP contribution >= 0.6 is 24.0 Å². The average molecular weight is 443 g/mol. The monoisotopic (exact) mass is 443 g/mol. The number of hydrogen-bond acceptors (Lipinski definition) is 5. The molecule has 0 bridgehead atoms. The van der Waals surface area contributed by atoms with Crippen LogP contribution < -0.4 is 5.32 Å². The lowest BCUT2D eigenvalue weighted by Crippen LogP contribution is -2.47. The zero-order valence-electron chi connectivity index (χ0n) is 14.4. The highest BCUT2D eigenvalue weighted by Gasteiger charge is 2.20. The SMILES string of the molecule is CN1CCN(C(=O)c2ccc(CNC3=NCCN3C)cc2)CC1.I. The van der Waals surface area contributed by atoms with Gasteiger partial charge in [-0.2, -0.15) is 0 Å². The number of nitrogens with one attached hydrogen (secondary N) is 1. The van der Waals surface area contributed by atoms with Gasteiger partial charge < -0.3 is 20.0 Å². The number of carbonyl (C=O) groups is 1. The Balaban J connectivity index is 0.00000208. The van der Waals surface area contributed by atoms with Gasteiger partial charge in [0.2, 0.25) is 0 Å². The molecular weight excluding hydrogens is 417 g/mol. The van der Waals surface area contributed by atoms with Gasteiger partial charge in [0.05, 0.1) is 6.54 Å². The van der Waals surface area contributed by atoms with Crippen LogP contribution in [0.15, 0.2) is 29.3 Å². The number of carbonyl (C=O) groups excluding carboxylic acids is 1. The van der Waals surface area contributed by atoms with Gasteiger partial charge in [0.15, 0.2) is 5.96 Å². The smallest absolute Gasteiger partial charge is 0.253 e.